The molecule has 0 aliphatic rings. The first kappa shape index (κ1) is 14.0. The normalized spacial score (nSPS) is 10.6. The molecule has 0 unspecified atom stereocenters. The summed E-state index contributed by atoms with van der Waals surface area (Å²) in [6.07, 6.45) is 0. The summed E-state index contributed by atoms with van der Waals surface area (Å²) in [4.78, 5) is 12.3. The van der Waals surface area contributed by atoms with E-state index >= 15 is 0 Å². The molecule has 0 aliphatic heterocycles. The van der Waals surface area contributed by atoms with Crippen LogP contribution in [0.1, 0.15) is 0 Å². The van der Waals surface area contributed by atoms with Gasteiger partial charge >= 0.3 is 0 Å². The number of rotatable bonds is 3. The summed E-state index contributed by atoms with van der Waals surface area (Å²) in [6, 6.07) is 12.0. The van der Waals surface area contributed by atoms with Crippen LogP contribution in [0.15, 0.2) is 51.7 Å². The van der Waals surface area contributed by atoms with Crippen LogP contribution in [0, 0.1) is 0 Å². The molecule has 22 heavy (non-hydrogen) atoms. The molecule has 1 aromatic heterocycles. The highest BCUT2D eigenvalue weighted by molar-refractivity contribution is 5.89. The minimum atomic E-state index is -0.267. The van der Waals surface area contributed by atoms with Crippen LogP contribution in [-0.2, 0) is 0 Å². The second-order valence-electron chi connectivity index (χ2n) is 4.68. The van der Waals surface area contributed by atoms with E-state index in [1.165, 1.54) is 26.4 Å². The monoisotopic (exact) mass is 298 g/mol. The standard InChI is InChI=1S/C17H14O5/c1-20-16-13(19)8-11-12(18)9-14(10-6-4-3-5-7-10)22-15(11)17(16)21-2/h3-9,19H,1-2H3. The zero-order chi connectivity index (χ0) is 15.7. The molecule has 2 aromatic carbocycles. The number of phenols is 1. The molecule has 0 aliphatic carbocycles. The van der Waals surface area contributed by atoms with Crippen molar-refractivity contribution in [3.05, 3.63) is 52.7 Å². The van der Waals surface area contributed by atoms with Gasteiger partial charge in [-0.1, -0.05) is 30.3 Å². The van der Waals surface area contributed by atoms with E-state index in [0.717, 1.165) is 5.56 Å². The molecule has 0 amide bonds. The van der Waals surface area contributed by atoms with Crippen LogP contribution in [0.5, 0.6) is 17.2 Å². The maximum Gasteiger partial charge on any atom is 0.208 e. The van der Waals surface area contributed by atoms with Crippen molar-refractivity contribution in [3.8, 4) is 28.6 Å². The first-order chi connectivity index (χ1) is 10.7. The first-order valence-electron chi connectivity index (χ1n) is 6.63. The van der Waals surface area contributed by atoms with Gasteiger partial charge in [-0.15, -0.1) is 0 Å². The Balaban J connectivity index is 2.38. The topological polar surface area (TPSA) is 68.9 Å². The van der Waals surface area contributed by atoms with Gasteiger partial charge in [-0.2, -0.15) is 0 Å². The minimum Gasteiger partial charge on any atom is -0.504 e. The fourth-order valence-electron chi connectivity index (χ4n) is 2.36. The van der Waals surface area contributed by atoms with Crippen LogP contribution < -0.4 is 14.9 Å². The van der Waals surface area contributed by atoms with Crippen LogP contribution in [0.4, 0.5) is 0 Å². The van der Waals surface area contributed by atoms with E-state index in [0.29, 0.717) is 5.76 Å². The predicted octanol–water partition coefficient (Wildman–Crippen LogP) is 3.18. The van der Waals surface area contributed by atoms with Crippen LogP contribution in [0.2, 0.25) is 0 Å². The Bertz CT molecular complexity index is 881. The highest BCUT2D eigenvalue weighted by Crippen LogP contribution is 2.42. The van der Waals surface area contributed by atoms with Crippen molar-refractivity contribution >= 4 is 11.0 Å². The Kier molecular flexibility index (Phi) is 3.47. The van der Waals surface area contributed by atoms with Crippen molar-refractivity contribution < 1.29 is 19.0 Å². The molecule has 1 N–H and O–H groups in total. The molecular weight excluding hydrogens is 284 g/mol. The number of aromatic hydroxyl groups is 1. The highest BCUT2D eigenvalue weighted by atomic mass is 16.5. The van der Waals surface area contributed by atoms with Gasteiger partial charge in [0.25, 0.3) is 0 Å². The first-order valence-corrected chi connectivity index (χ1v) is 6.63. The van der Waals surface area contributed by atoms with E-state index in [9.17, 15) is 9.90 Å². The van der Waals surface area contributed by atoms with Crippen LogP contribution >= 0.6 is 0 Å². The van der Waals surface area contributed by atoms with Gasteiger partial charge in [0.1, 0.15) is 5.76 Å². The van der Waals surface area contributed by atoms with Gasteiger partial charge in [-0.3, -0.25) is 4.79 Å². The number of methoxy groups -OCH3 is 2. The van der Waals surface area contributed by atoms with Gasteiger partial charge in [0.2, 0.25) is 11.5 Å². The van der Waals surface area contributed by atoms with Gasteiger partial charge in [-0.05, 0) is 6.07 Å². The largest absolute Gasteiger partial charge is 0.504 e. The second-order valence-corrected chi connectivity index (χ2v) is 4.68. The smallest absolute Gasteiger partial charge is 0.208 e. The van der Waals surface area contributed by atoms with Gasteiger partial charge in [-0.25, -0.2) is 0 Å². The molecule has 5 heteroatoms. The summed E-state index contributed by atoms with van der Waals surface area (Å²) < 4.78 is 16.2. The molecule has 5 nitrogen and oxygen atoms in total. The summed E-state index contributed by atoms with van der Waals surface area (Å²) in [6.45, 7) is 0. The van der Waals surface area contributed by atoms with Gasteiger partial charge in [0.05, 0.1) is 19.6 Å². The Labute approximate surface area is 126 Å². The molecule has 3 aromatic rings. The lowest BCUT2D eigenvalue weighted by atomic mass is 10.1. The zero-order valence-electron chi connectivity index (χ0n) is 12.1. The Hall–Kier alpha value is -2.95. The third kappa shape index (κ3) is 2.16. The van der Waals surface area contributed by atoms with Crippen molar-refractivity contribution in [1.29, 1.82) is 0 Å². The highest BCUT2D eigenvalue weighted by Gasteiger charge is 2.19. The van der Waals surface area contributed by atoms with Crippen molar-refractivity contribution in [1.82, 2.24) is 0 Å². The third-order valence-electron chi connectivity index (χ3n) is 3.38. The zero-order valence-corrected chi connectivity index (χ0v) is 12.1. The second kappa shape index (κ2) is 5.44. The molecule has 112 valence electrons. The molecular formula is C17H14O5. The van der Waals surface area contributed by atoms with Crippen LogP contribution in [0.25, 0.3) is 22.3 Å². The van der Waals surface area contributed by atoms with Crippen LogP contribution in [0.3, 0.4) is 0 Å². The fraction of sp³-hybridized carbons (Fsp3) is 0.118. The third-order valence-corrected chi connectivity index (χ3v) is 3.38. The summed E-state index contributed by atoms with van der Waals surface area (Å²) in [5.74, 6) is 0.562. The van der Waals surface area contributed by atoms with E-state index in [4.69, 9.17) is 13.9 Å². The average Bonchev–Trinajstić information content (AvgIpc) is 2.55. The Morgan fingerprint density at radius 3 is 2.32 bits per heavy atom. The summed E-state index contributed by atoms with van der Waals surface area (Å²) >= 11 is 0. The van der Waals surface area contributed by atoms with E-state index in [2.05, 4.69) is 0 Å². The number of fused-ring (bicyclic) bond motifs is 1. The summed E-state index contributed by atoms with van der Waals surface area (Å²) in [5, 5.41) is 10.2. The molecule has 0 saturated carbocycles. The summed E-state index contributed by atoms with van der Waals surface area (Å²) in [7, 11) is 2.83. The molecule has 0 saturated heterocycles. The van der Waals surface area contributed by atoms with Gasteiger partial charge < -0.3 is 19.0 Å². The summed E-state index contributed by atoms with van der Waals surface area (Å²) in [5.41, 5.74) is 0.746. The van der Waals surface area contributed by atoms with Crippen molar-refractivity contribution in [2.75, 3.05) is 14.2 Å². The Morgan fingerprint density at radius 2 is 1.68 bits per heavy atom. The lowest BCUT2D eigenvalue weighted by Gasteiger charge is -2.12. The molecule has 3 rings (SSSR count). The molecule has 0 atom stereocenters. The average molecular weight is 298 g/mol. The lowest BCUT2D eigenvalue weighted by molar-refractivity contribution is 0.332. The van der Waals surface area contributed by atoms with Gasteiger partial charge in [0.15, 0.2) is 16.8 Å². The van der Waals surface area contributed by atoms with Crippen molar-refractivity contribution in [2.45, 2.75) is 0 Å². The van der Waals surface area contributed by atoms with Crippen molar-refractivity contribution in [3.63, 3.8) is 0 Å². The lowest BCUT2D eigenvalue weighted by Crippen LogP contribution is -2.02. The van der Waals surface area contributed by atoms with E-state index < -0.39 is 0 Å². The van der Waals surface area contributed by atoms with Crippen molar-refractivity contribution in [2.24, 2.45) is 0 Å². The fourth-order valence-corrected chi connectivity index (χ4v) is 2.36. The number of hydrogen-bond donors (Lipinski definition) is 1. The predicted molar refractivity (Wildman–Crippen MR) is 82.7 cm³/mol. The molecule has 0 spiro atoms. The number of hydrogen-bond acceptors (Lipinski definition) is 5. The molecule has 1 heterocycles. The molecule has 0 radical (unpaired) electrons. The maximum atomic E-state index is 12.3. The SMILES string of the molecule is COc1c(O)cc2c(=O)cc(-c3ccccc3)oc2c1OC. The van der Waals surface area contributed by atoms with E-state index in [1.54, 1.807) is 0 Å². The van der Waals surface area contributed by atoms with E-state index in [1.807, 2.05) is 30.3 Å². The quantitative estimate of drug-likeness (QED) is 0.804. The number of ether oxygens (including phenoxy) is 2. The Morgan fingerprint density at radius 1 is 1.00 bits per heavy atom. The molecule has 0 bridgehead atoms. The van der Waals surface area contributed by atoms with Gasteiger partial charge in [0, 0.05) is 11.6 Å². The van der Waals surface area contributed by atoms with E-state index in [-0.39, 0.29) is 33.6 Å². The van der Waals surface area contributed by atoms with Crippen LogP contribution in [-0.4, -0.2) is 19.3 Å². The number of benzene rings is 2. The molecule has 0 fully saturated rings. The number of phenolic OH excluding ortho intramolecular Hbond substituents is 1. The maximum absolute atomic E-state index is 12.3. The minimum absolute atomic E-state index is 0.128.